The van der Waals surface area contributed by atoms with Crippen molar-refractivity contribution in [3.8, 4) is 11.1 Å². The molecule has 0 heterocycles. The van der Waals surface area contributed by atoms with E-state index in [-0.39, 0.29) is 12.4 Å². The number of benzene rings is 3. The van der Waals surface area contributed by atoms with Gasteiger partial charge in [0.05, 0.1) is 11.4 Å². The molecule has 0 aromatic heterocycles. The first-order chi connectivity index (χ1) is 12.1. The van der Waals surface area contributed by atoms with Crippen LogP contribution in [0.4, 0.5) is 11.4 Å². The number of hydrogen-bond acceptors (Lipinski definition) is 3. The summed E-state index contributed by atoms with van der Waals surface area (Å²) >= 11 is 0. The monoisotopic (exact) mass is 366 g/mol. The highest BCUT2D eigenvalue weighted by atomic mass is 35.5. The van der Waals surface area contributed by atoms with Crippen molar-refractivity contribution >= 4 is 23.8 Å². The number of anilines is 1. The predicted molar refractivity (Wildman–Crippen MR) is 111 cm³/mol. The molecule has 0 radical (unpaired) electrons. The largest absolute Gasteiger partial charge is 0.284 e. The van der Waals surface area contributed by atoms with Gasteiger partial charge in [-0.1, -0.05) is 53.8 Å². The van der Waals surface area contributed by atoms with Crippen molar-refractivity contribution < 1.29 is 0 Å². The molecule has 0 atom stereocenters. The van der Waals surface area contributed by atoms with Gasteiger partial charge in [-0.25, -0.2) is 5.53 Å². The third kappa shape index (κ3) is 4.61. The van der Waals surface area contributed by atoms with Gasteiger partial charge < -0.3 is 0 Å². The third-order valence-electron chi connectivity index (χ3n) is 4.20. The molecule has 0 aliphatic rings. The van der Waals surface area contributed by atoms with Crippen molar-refractivity contribution in [1.82, 2.24) is 5.53 Å². The molecular weight excluding hydrogens is 344 g/mol. The van der Waals surface area contributed by atoms with Crippen LogP contribution in [0.15, 0.2) is 77.1 Å². The Kier molecular flexibility index (Phi) is 6.75. The summed E-state index contributed by atoms with van der Waals surface area (Å²) in [4.78, 5) is 0. The summed E-state index contributed by atoms with van der Waals surface area (Å²) in [5, 5.41) is 8.18. The fraction of sp³-hybridized carbons (Fsp3) is 0.143. The van der Waals surface area contributed by atoms with Crippen LogP contribution in [0.5, 0.6) is 0 Å². The number of nitrogens with one attached hydrogen (secondary N) is 2. The standard InChI is InChI=1S/C21H22N4.ClH/c1-15-8-4-6-10-19(15)18-12-13-21(17(3)14-18)23-25-24-22-20-11-7-5-9-16(20)2;/h4-14H,1-3H3,(H,22,25)(H,23,24);1H. The van der Waals surface area contributed by atoms with E-state index in [1.54, 1.807) is 0 Å². The molecule has 3 rings (SSSR count). The Balaban J connectivity index is 0.00000243. The zero-order chi connectivity index (χ0) is 17.6. The fourth-order valence-electron chi connectivity index (χ4n) is 2.71. The average molecular weight is 367 g/mol. The summed E-state index contributed by atoms with van der Waals surface area (Å²) in [6.07, 6.45) is 0. The van der Waals surface area contributed by atoms with Crippen LogP contribution in [-0.2, 0) is 0 Å². The van der Waals surface area contributed by atoms with Crippen LogP contribution in [0.2, 0.25) is 0 Å². The molecule has 0 amide bonds. The van der Waals surface area contributed by atoms with Gasteiger partial charge in [0.25, 0.3) is 0 Å². The van der Waals surface area contributed by atoms with Crippen LogP contribution in [0, 0.1) is 20.8 Å². The fourth-order valence-corrected chi connectivity index (χ4v) is 2.71. The molecular formula is C21H23ClN4. The van der Waals surface area contributed by atoms with E-state index >= 15 is 0 Å². The van der Waals surface area contributed by atoms with Gasteiger partial charge in [0.1, 0.15) is 0 Å². The number of nitrogens with zero attached hydrogens (tertiary/aromatic N) is 2. The highest BCUT2D eigenvalue weighted by Crippen LogP contribution is 2.27. The first-order valence-corrected chi connectivity index (χ1v) is 8.29. The van der Waals surface area contributed by atoms with E-state index in [0.717, 1.165) is 22.5 Å². The van der Waals surface area contributed by atoms with Crippen LogP contribution in [0.3, 0.4) is 0 Å². The second-order valence-electron chi connectivity index (χ2n) is 6.07. The molecule has 0 bridgehead atoms. The molecule has 0 aliphatic heterocycles. The first-order valence-electron chi connectivity index (χ1n) is 8.29. The van der Waals surface area contributed by atoms with E-state index in [0.29, 0.717) is 0 Å². The minimum absolute atomic E-state index is 0. The maximum atomic E-state index is 4.18. The van der Waals surface area contributed by atoms with Gasteiger partial charge in [0.15, 0.2) is 0 Å². The summed E-state index contributed by atoms with van der Waals surface area (Å²) in [5.41, 5.74) is 13.7. The van der Waals surface area contributed by atoms with Gasteiger partial charge in [-0.2, -0.15) is 0 Å². The lowest BCUT2D eigenvalue weighted by atomic mass is 9.98. The summed E-state index contributed by atoms with van der Waals surface area (Å²) in [6, 6.07) is 22.6. The van der Waals surface area contributed by atoms with Gasteiger partial charge in [0.2, 0.25) is 0 Å². The number of hydrazine groups is 1. The second kappa shape index (κ2) is 9.02. The zero-order valence-corrected chi connectivity index (χ0v) is 16.0. The molecule has 134 valence electrons. The molecule has 0 spiro atoms. The summed E-state index contributed by atoms with van der Waals surface area (Å²) in [7, 11) is 0. The Morgan fingerprint density at radius 2 is 1.42 bits per heavy atom. The minimum Gasteiger partial charge on any atom is -0.284 e. The molecule has 4 nitrogen and oxygen atoms in total. The van der Waals surface area contributed by atoms with E-state index in [1.165, 1.54) is 16.7 Å². The third-order valence-corrected chi connectivity index (χ3v) is 4.20. The van der Waals surface area contributed by atoms with E-state index in [2.05, 4.69) is 71.5 Å². The Morgan fingerprint density at radius 3 is 2.12 bits per heavy atom. The van der Waals surface area contributed by atoms with Gasteiger partial charge in [-0.15, -0.1) is 17.5 Å². The van der Waals surface area contributed by atoms with Crippen molar-refractivity contribution in [2.24, 2.45) is 10.3 Å². The van der Waals surface area contributed by atoms with Gasteiger partial charge in [0, 0.05) is 0 Å². The highest BCUT2D eigenvalue weighted by molar-refractivity contribution is 5.85. The van der Waals surface area contributed by atoms with Crippen LogP contribution >= 0.6 is 12.4 Å². The number of hydrogen-bond donors (Lipinski definition) is 2. The lowest BCUT2D eigenvalue weighted by molar-refractivity contribution is 0.803. The Morgan fingerprint density at radius 1 is 0.731 bits per heavy atom. The van der Waals surface area contributed by atoms with Crippen molar-refractivity contribution in [3.05, 3.63) is 83.4 Å². The van der Waals surface area contributed by atoms with Crippen molar-refractivity contribution in [2.75, 3.05) is 5.43 Å². The Hall–Kier alpha value is -2.85. The van der Waals surface area contributed by atoms with Crippen molar-refractivity contribution in [1.29, 1.82) is 0 Å². The lowest BCUT2D eigenvalue weighted by Crippen LogP contribution is -2.14. The number of halogens is 1. The molecule has 0 fully saturated rings. The highest BCUT2D eigenvalue weighted by Gasteiger charge is 2.04. The van der Waals surface area contributed by atoms with E-state index in [4.69, 9.17) is 0 Å². The summed E-state index contributed by atoms with van der Waals surface area (Å²) < 4.78 is 0. The minimum atomic E-state index is 0. The lowest BCUT2D eigenvalue weighted by Gasteiger charge is -2.11. The Bertz CT molecular complexity index is 906. The SMILES string of the molecule is Cc1ccccc1N=NNNc1ccc(-c2ccccc2C)cc1C.Cl. The van der Waals surface area contributed by atoms with Gasteiger partial charge in [-0.05, 0) is 66.8 Å². The van der Waals surface area contributed by atoms with Crippen LogP contribution < -0.4 is 11.0 Å². The molecule has 2 N–H and O–H groups in total. The quantitative estimate of drug-likeness (QED) is 0.410. The molecule has 0 saturated heterocycles. The van der Waals surface area contributed by atoms with Gasteiger partial charge >= 0.3 is 0 Å². The molecule has 3 aromatic rings. The molecule has 0 unspecified atom stereocenters. The topological polar surface area (TPSA) is 48.8 Å². The molecule has 5 heteroatoms. The van der Waals surface area contributed by atoms with E-state index < -0.39 is 0 Å². The van der Waals surface area contributed by atoms with Crippen LogP contribution in [0.1, 0.15) is 16.7 Å². The zero-order valence-electron chi connectivity index (χ0n) is 15.2. The smallest absolute Gasteiger partial charge is 0.0903 e. The normalized spacial score (nSPS) is 10.4. The molecule has 0 aliphatic carbocycles. The molecule has 3 aromatic carbocycles. The summed E-state index contributed by atoms with van der Waals surface area (Å²) in [6.45, 7) is 6.21. The van der Waals surface area contributed by atoms with E-state index in [1.807, 2.05) is 37.3 Å². The van der Waals surface area contributed by atoms with Crippen LogP contribution in [-0.4, -0.2) is 0 Å². The van der Waals surface area contributed by atoms with Gasteiger partial charge in [-0.3, -0.25) is 5.43 Å². The predicted octanol–water partition coefficient (Wildman–Crippen LogP) is 6.32. The molecule has 26 heavy (non-hydrogen) atoms. The van der Waals surface area contributed by atoms with Crippen molar-refractivity contribution in [3.63, 3.8) is 0 Å². The number of aryl methyl sites for hydroxylation is 3. The first kappa shape index (κ1) is 19.5. The average Bonchev–Trinajstić information content (AvgIpc) is 2.61. The van der Waals surface area contributed by atoms with Crippen LogP contribution in [0.25, 0.3) is 11.1 Å². The maximum Gasteiger partial charge on any atom is 0.0903 e. The van der Waals surface area contributed by atoms with Crippen molar-refractivity contribution in [2.45, 2.75) is 20.8 Å². The Labute approximate surface area is 160 Å². The maximum absolute atomic E-state index is 4.18. The second-order valence-corrected chi connectivity index (χ2v) is 6.07. The van der Waals surface area contributed by atoms with E-state index in [9.17, 15) is 0 Å². The molecule has 0 saturated carbocycles. The summed E-state index contributed by atoms with van der Waals surface area (Å²) in [5.74, 6) is 0. The number of rotatable bonds is 5.